The molecular formula is C22H27NO6. The molecule has 1 aliphatic carbocycles. The predicted octanol–water partition coefficient (Wildman–Crippen LogP) is 2.89. The van der Waals surface area contributed by atoms with Crippen molar-refractivity contribution in [2.24, 2.45) is 5.92 Å². The summed E-state index contributed by atoms with van der Waals surface area (Å²) in [5.74, 6) is 0.332. The van der Waals surface area contributed by atoms with Crippen molar-refractivity contribution in [3.05, 3.63) is 39.7 Å². The van der Waals surface area contributed by atoms with Gasteiger partial charge >= 0.3 is 11.6 Å². The molecule has 0 aliphatic heterocycles. The van der Waals surface area contributed by atoms with Crippen LogP contribution >= 0.6 is 0 Å². The Bertz CT molecular complexity index is 942. The molecule has 1 saturated carbocycles. The molecular weight excluding hydrogens is 374 g/mol. The van der Waals surface area contributed by atoms with E-state index in [1.54, 1.807) is 25.1 Å². The fourth-order valence-corrected chi connectivity index (χ4v) is 3.73. The van der Waals surface area contributed by atoms with Gasteiger partial charge in [-0.1, -0.05) is 19.3 Å². The highest BCUT2D eigenvalue weighted by molar-refractivity contribution is 5.84. The van der Waals surface area contributed by atoms with Crippen molar-refractivity contribution in [1.82, 2.24) is 5.32 Å². The first-order valence-corrected chi connectivity index (χ1v) is 10.0. The third-order valence-corrected chi connectivity index (χ3v) is 5.49. The summed E-state index contributed by atoms with van der Waals surface area (Å²) in [6, 6.07) is 5.05. The Morgan fingerprint density at radius 1 is 1.21 bits per heavy atom. The lowest BCUT2D eigenvalue weighted by Gasteiger charge is -2.21. The summed E-state index contributed by atoms with van der Waals surface area (Å²) in [6.07, 6.45) is 5.96. The predicted molar refractivity (Wildman–Crippen MR) is 108 cm³/mol. The quantitative estimate of drug-likeness (QED) is 0.566. The summed E-state index contributed by atoms with van der Waals surface area (Å²) in [7, 11) is 1.27. The third-order valence-electron chi connectivity index (χ3n) is 5.49. The van der Waals surface area contributed by atoms with Crippen molar-refractivity contribution in [3.8, 4) is 5.75 Å². The van der Waals surface area contributed by atoms with Gasteiger partial charge in [-0.2, -0.15) is 0 Å². The van der Waals surface area contributed by atoms with Gasteiger partial charge in [0.15, 0.2) is 6.61 Å². The number of hydrogen-bond donors (Lipinski definition) is 1. The molecule has 0 radical (unpaired) electrons. The molecule has 0 saturated heterocycles. The van der Waals surface area contributed by atoms with E-state index < -0.39 is 11.6 Å². The average molecular weight is 401 g/mol. The molecule has 1 amide bonds. The summed E-state index contributed by atoms with van der Waals surface area (Å²) >= 11 is 0. The van der Waals surface area contributed by atoms with Crippen LogP contribution in [0, 0.1) is 12.8 Å². The molecule has 156 valence electrons. The lowest BCUT2D eigenvalue weighted by molar-refractivity contribution is -0.139. The van der Waals surface area contributed by atoms with E-state index in [9.17, 15) is 14.4 Å². The zero-order valence-electron chi connectivity index (χ0n) is 16.9. The number of rotatable bonds is 7. The first kappa shape index (κ1) is 20.9. The second-order valence-electron chi connectivity index (χ2n) is 7.50. The van der Waals surface area contributed by atoms with Crippen LogP contribution in [0.4, 0.5) is 0 Å². The molecule has 0 unspecified atom stereocenters. The van der Waals surface area contributed by atoms with E-state index >= 15 is 0 Å². The number of ether oxygens (including phenoxy) is 2. The molecule has 1 aromatic carbocycles. The summed E-state index contributed by atoms with van der Waals surface area (Å²) in [6.45, 7) is 2.36. The molecule has 1 N–H and O–H groups in total. The first-order valence-electron chi connectivity index (χ1n) is 10.0. The molecule has 0 spiro atoms. The number of aryl methyl sites for hydroxylation is 1. The van der Waals surface area contributed by atoms with E-state index in [2.05, 4.69) is 10.1 Å². The van der Waals surface area contributed by atoms with Gasteiger partial charge in [0, 0.05) is 18.0 Å². The molecule has 1 fully saturated rings. The molecule has 29 heavy (non-hydrogen) atoms. The van der Waals surface area contributed by atoms with Crippen molar-refractivity contribution in [2.45, 2.75) is 45.4 Å². The minimum absolute atomic E-state index is 0.0954. The highest BCUT2D eigenvalue weighted by Gasteiger charge is 2.17. The SMILES string of the molecule is COC(=O)Cc1c(C)c2ccc(OCC(=O)NCC3CCCCC3)cc2oc1=O. The Balaban J connectivity index is 1.63. The van der Waals surface area contributed by atoms with Crippen LogP contribution in [0.25, 0.3) is 11.0 Å². The monoisotopic (exact) mass is 401 g/mol. The van der Waals surface area contributed by atoms with Gasteiger partial charge in [0.05, 0.1) is 19.1 Å². The number of carbonyl (C=O) groups is 2. The van der Waals surface area contributed by atoms with Crippen LogP contribution in [0.15, 0.2) is 27.4 Å². The Hall–Kier alpha value is -2.83. The van der Waals surface area contributed by atoms with Gasteiger partial charge in [-0.25, -0.2) is 4.79 Å². The third kappa shape index (κ3) is 5.37. The summed E-state index contributed by atoms with van der Waals surface area (Å²) < 4.78 is 15.5. The lowest BCUT2D eigenvalue weighted by atomic mass is 9.89. The van der Waals surface area contributed by atoms with Crippen LogP contribution in [0.3, 0.4) is 0 Å². The summed E-state index contributed by atoms with van der Waals surface area (Å²) in [5, 5.41) is 3.63. The van der Waals surface area contributed by atoms with Crippen molar-refractivity contribution in [2.75, 3.05) is 20.3 Å². The van der Waals surface area contributed by atoms with Crippen LogP contribution in [0.5, 0.6) is 5.75 Å². The van der Waals surface area contributed by atoms with Crippen molar-refractivity contribution in [1.29, 1.82) is 0 Å². The van der Waals surface area contributed by atoms with E-state index in [0.717, 1.165) is 0 Å². The number of hydrogen-bond acceptors (Lipinski definition) is 6. The zero-order chi connectivity index (χ0) is 20.8. The number of benzene rings is 1. The molecule has 2 aromatic rings. The van der Waals surface area contributed by atoms with E-state index in [1.807, 2.05) is 0 Å². The zero-order valence-corrected chi connectivity index (χ0v) is 16.9. The standard InChI is InChI=1S/C22H27NO6/c1-14-17-9-8-16(10-19(17)29-22(26)18(14)11-21(25)27-2)28-13-20(24)23-12-15-6-4-3-5-7-15/h8-10,15H,3-7,11-13H2,1-2H3,(H,23,24). The number of amides is 1. The van der Waals surface area contributed by atoms with Gasteiger partial charge in [-0.3, -0.25) is 9.59 Å². The van der Waals surface area contributed by atoms with Gasteiger partial charge in [0.1, 0.15) is 11.3 Å². The normalized spacial score (nSPS) is 14.6. The maximum Gasteiger partial charge on any atom is 0.340 e. The second-order valence-corrected chi connectivity index (χ2v) is 7.50. The fraction of sp³-hybridized carbons (Fsp3) is 0.500. The molecule has 1 aromatic heterocycles. The van der Waals surface area contributed by atoms with Gasteiger partial charge < -0.3 is 19.2 Å². The van der Waals surface area contributed by atoms with Crippen molar-refractivity contribution < 1.29 is 23.5 Å². The van der Waals surface area contributed by atoms with Gasteiger partial charge in [0.25, 0.3) is 5.91 Å². The van der Waals surface area contributed by atoms with Crippen LogP contribution in [0.2, 0.25) is 0 Å². The molecule has 7 heteroatoms. The van der Waals surface area contributed by atoms with E-state index in [4.69, 9.17) is 9.15 Å². The number of esters is 1. The molecule has 0 bridgehead atoms. The topological polar surface area (TPSA) is 94.8 Å². The largest absolute Gasteiger partial charge is 0.484 e. The fourth-order valence-electron chi connectivity index (χ4n) is 3.73. The molecule has 7 nitrogen and oxygen atoms in total. The summed E-state index contributed by atoms with van der Waals surface area (Å²) in [4.78, 5) is 35.8. The van der Waals surface area contributed by atoms with Gasteiger partial charge in [0.2, 0.25) is 0 Å². The number of methoxy groups -OCH3 is 1. The number of fused-ring (bicyclic) bond motifs is 1. The highest BCUT2D eigenvalue weighted by Crippen LogP contribution is 2.25. The lowest BCUT2D eigenvalue weighted by Crippen LogP contribution is -2.33. The average Bonchev–Trinajstić information content (AvgIpc) is 2.74. The molecule has 0 atom stereocenters. The maximum atomic E-state index is 12.2. The van der Waals surface area contributed by atoms with Crippen LogP contribution < -0.4 is 15.7 Å². The maximum absolute atomic E-state index is 12.2. The van der Waals surface area contributed by atoms with Crippen molar-refractivity contribution in [3.63, 3.8) is 0 Å². The van der Waals surface area contributed by atoms with E-state index in [1.165, 1.54) is 39.2 Å². The second kappa shape index (κ2) is 9.58. The number of carbonyl (C=O) groups excluding carboxylic acids is 2. The minimum atomic E-state index is -0.581. The Morgan fingerprint density at radius 2 is 1.97 bits per heavy atom. The van der Waals surface area contributed by atoms with E-state index in [0.29, 0.717) is 34.7 Å². The van der Waals surface area contributed by atoms with Crippen molar-refractivity contribution >= 4 is 22.8 Å². The first-order chi connectivity index (χ1) is 14.0. The Kier molecular flexibility index (Phi) is 6.90. The molecule has 1 heterocycles. The Morgan fingerprint density at radius 3 is 2.69 bits per heavy atom. The summed E-state index contributed by atoms with van der Waals surface area (Å²) in [5.41, 5.74) is 0.711. The van der Waals surface area contributed by atoms with Crippen LogP contribution in [0.1, 0.15) is 43.2 Å². The number of nitrogens with one attached hydrogen (secondary N) is 1. The van der Waals surface area contributed by atoms with Gasteiger partial charge in [-0.15, -0.1) is 0 Å². The smallest absolute Gasteiger partial charge is 0.340 e. The minimum Gasteiger partial charge on any atom is -0.484 e. The van der Waals surface area contributed by atoms with Crippen LogP contribution in [-0.4, -0.2) is 32.1 Å². The van der Waals surface area contributed by atoms with E-state index in [-0.39, 0.29) is 24.5 Å². The van der Waals surface area contributed by atoms with Gasteiger partial charge in [-0.05, 0) is 43.4 Å². The Labute approximate surface area is 169 Å². The highest BCUT2D eigenvalue weighted by atomic mass is 16.5. The van der Waals surface area contributed by atoms with Crippen LogP contribution in [-0.2, 0) is 20.7 Å². The molecule has 1 aliphatic rings. The molecule has 3 rings (SSSR count).